The first-order valence-corrected chi connectivity index (χ1v) is 18.8. The number of aliphatic hydroxyl groups excluding tert-OH is 2. The summed E-state index contributed by atoms with van der Waals surface area (Å²) in [6.07, 6.45) is -9.76. The summed E-state index contributed by atoms with van der Waals surface area (Å²) in [6.45, 7) is 15.7. The molecule has 17 atom stereocenters. The van der Waals surface area contributed by atoms with Crippen LogP contribution in [0.25, 0.3) is 0 Å². The van der Waals surface area contributed by atoms with Crippen LogP contribution in [0.1, 0.15) is 94.9 Å². The second-order valence-electron chi connectivity index (χ2n) is 16.7. The molecule has 0 radical (unpaired) electrons. The van der Waals surface area contributed by atoms with Crippen LogP contribution >= 0.6 is 0 Å². The minimum absolute atomic E-state index is 0.0171. The van der Waals surface area contributed by atoms with Gasteiger partial charge in [-0.15, -0.1) is 0 Å². The van der Waals surface area contributed by atoms with Gasteiger partial charge in [-0.2, -0.15) is 0 Å². The number of carbonyl (C=O) groups excluding carboxylic acids is 3. The number of methoxy groups -OCH3 is 2. The molecule has 3 rings (SSSR count). The Balaban J connectivity index is 2.27. The molecule has 4 N–H and O–H groups in total. The average molecular weight is 762 g/mol. The topological polar surface area (TPSA) is 200 Å². The third kappa shape index (κ3) is 9.50. The normalized spacial score (nSPS) is 48.4. The van der Waals surface area contributed by atoms with Gasteiger partial charge in [0.1, 0.15) is 35.1 Å². The molecule has 0 aromatic heterocycles. The minimum Gasteiger partial charge on any atom is -0.459 e. The smallest absolute Gasteiger partial charge is 0.311 e. The van der Waals surface area contributed by atoms with Crippen LogP contribution in [0.4, 0.5) is 0 Å². The maximum absolute atomic E-state index is 14.2. The van der Waals surface area contributed by atoms with Crippen molar-refractivity contribution in [1.29, 1.82) is 0 Å². The van der Waals surface area contributed by atoms with Crippen LogP contribution in [0.15, 0.2) is 0 Å². The van der Waals surface area contributed by atoms with Gasteiger partial charge in [0, 0.05) is 44.9 Å². The molecule has 0 amide bonds. The summed E-state index contributed by atoms with van der Waals surface area (Å²) in [4.78, 5) is 43.1. The maximum atomic E-state index is 14.2. The Kier molecular flexibility index (Phi) is 14.9. The number of hydrogen-bond donors (Lipinski definition) is 4. The highest BCUT2D eigenvalue weighted by Crippen LogP contribution is 2.42. The predicted octanol–water partition coefficient (Wildman–Crippen LogP) is 1.76. The number of cyclic esters (lactones) is 1. The highest BCUT2D eigenvalue weighted by Gasteiger charge is 2.56. The molecular formula is C38H67NO14. The van der Waals surface area contributed by atoms with Gasteiger partial charge in [0.25, 0.3) is 0 Å². The molecule has 3 heterocycles. The van der Waals surface area contributed by atoms with Gasteiger partial charge in [0.15, 0.2) is 24.1 Å². The fraction of sp³-hybridized carbons (Fsp3) is 0.921. The molecule has 3 aliphatic heterocycles. The Hall–Kier alpha value is -1.63. The summed E-state index contributed by atoms with van der Waals surface area (Å²) in [5.41, 5.74) is -7.07. The van der Waals surface area contributed by atoms with Crippen LogP contribution in [0.2, 0.25) is 0 Å². The van der Waals surface area contributed by atoms with E-state index in [1.54, 1.807) is 41.5 Å². The monoisotopic (exact) mass is 761 g/mol. The van der Waals surface area contributed by atoms with E-state index in [1.807, 2.05) is 25.9 Å². The van der Waals surface area contributed by atoms with E-state index in [9.17, 15) is 34.8 Å². The van der Waals surface area contributed by atoms with Crippen molar-refractivity contribution in [2.75, 3.05) is 28.3 Å². The molecule has 3 fully saturated rings. The molecule has 3 aliphatic rings. The zero-order valence-corrected chi connectivity index (χ0v) is 34.2. The van der Waals surface area contributed by atoms with Crippen molar-refractivity contribution in [2.24, 2.45) is 17.8 Å². The number of nitrogens with zero attached hydrogens (tertiary/aromatic N) is 1. The fourth-order valence-electron chi connectivity index (χ4n) is 8.51. The molecule has 0 saturated carbocycles. The van der Waals surface area contributed by atoms with Gasteiger partial charge in [-0.05, 0) is 75.4 Å². The van der Waals surface area contributed by atoms with Gasteiger partial charge in [0.2, 0.25) is 0 Å². The molecule has 0 aliphatic carbocycles. The lowest BCUT2D eigenvalue weighted by Gasteiger charge is -2.50. The number of ketones is 2. The van der Waals surface area contributed by atoms with Crippen LogP contribution in [-0.2, 0) is 47.5 Å². The number of rotatable bonds is 8. The van der Waals surface area contributed by atoms with Gasteiger partial charge >= 0.3 is 5.97 Å². The highest BCUT2D eigenvalue weighted by molar-refractivity contribution is 5.91. The summed E-state index contributed by atoms with van der Waals surface area (Å²) in [5, 5.41) is 46.6. The van der Waals surface area contributed by atoms with Gasteiger partial charge < -0.3 is 58.5 Å². The molecule has 0 aromatic rings. The van der Waals surface area contributed by atoms with Crippen molar-refractivity contribution >= 4 is 17.5 Å². The molecule has 0 bridgehead atoms. The molecule has 15 heteroatoms. The summed E-state index contributed by atoms with van der Waals surface area (Å²) < 4.78 is 43.3. The van der Waals surface area contributed by atoms with Gasteiger partial charge in [-0.1, -0.05) is 20.8 Å². The Morgan fingerprint density at radius 2 is 1.47 bits per heavy atom. The van der Waals surface area contributed by atoms with E-state index in [0.29, 0.717) is 6.42 Å². The molecule has 308 valence electrons. The van der Waals surface area contributed by atoms with Crippen molar-refractivity contribution < 1.29 is 68.0 Å². The second kappa shape index (κ2) is 17.2. The first kappa shape index (κ1) is 45.8. The SMILES string of the molecule is CCC1OC(=O)C(C)C(OC2CC(C)(OC)C(=O)C(C)O2)C(C)C(OC2OC(C)CC(N(C)C)C2O)C(C)(OC)CC(C)(O)C(=O)C(C)C(O)C1(C)O. The summed E-state index contributed by atoms with van der Waals surface area (Å²) in [6, 6.07) is -0.348. The summed E-state index contributed by atoms with van der Waals surface area (Å²) in [5.74, 6) is -5.13. The zero-order chi connectivity index (χ0) is 40.6. The van der Waals surface area contributed by atoms with Gasteiger partial charge in [-0.25, -0.2) is 0 Å². The molecule has 53 heavy (non-hydrogen) atoms. The Labute approximate surface area is 314 Å². The van der Waals surface area contributed by atoms with Crippen molar-refractivity contribution in [2.45, 2.75) is 179 Å². The van der Waals surface area contributed by atoms with Crippen molar-refractivity contribution in [1.82, 2.24) is 4.90 Å². The molecule has 0 spiro atoms. The predicted molar refractivity (Wildman–Crippen MR) is 192 cm³/mol. The lowest BCUT2D eigenvalue weighted by atomic mass is 9.72. The summed E-state index contributed by atoms with van der Waals surface area (Å²) >= 11 is 0. The number of carbonyl (C=O) groups is 3. The van der Waals surface area contributed by atoms with E-state index in [0.717, 1.165) is 0 Å². The second-order valence-corrected chi connectivity index (χ2v) is 16.7. The fourth-order valence-corrected chi connectivity index (χ4v) is 8.51. The first-order valence-electron chi connectivity index (χ1n) is 18.8. The highest BCUT2D eigenvalue weighted by atomic mass is 16.7. The molecule has 17 unspecified atom stereocenters. The Morgan fingerprint density at radius 1 is 0.868 bits per heavy atom. The zero-order valence-electron chi connectivity index (χ0n) is 34.2. The number of ether oxygens (including phenoxy) is 7. The van der Waals surface area contributed by atoms with E-state index in [2.05, 4.69) is 0 Å². The minimum atomic E-state index is -2.15. The van der Waals surface area contributed by atoms with Crippen LogP contribution < -0.4 is 0 Å². The third-order valence-corrected chi connectivity index (χ3v) is 12.0. The number of Topliss-reactive ketones (excluding diaryl/α,β-unsaturated/α-hetero) is 2. The molecule has 3 saturated heterocycles. The van der Waals surface area contributed by atoms with Gasteiger partial charge in [-0.3, -0.25) is 14.4 Å². The average Bonchev–Trinajstić information content (AvgIpc) is 3.09. The lowest BCUT2D eigenvalue weighted by Crippen LogP contribution is -2.63. The van der Waals surface area contributed by atoms with E-state index in [4.69, 9.17) is 33.2 Å². The van der Waals surface area contributed by atoms with E-state index in [1.165, 1.54) is 35.0 Å². The Morgan fingerprint density at radius 3 is 2.00 bits per heavy atom. The van der Waals surface area contributed by atoms with Crippen LogP contribution in [0.5, 0.6) is 0 Å². The molecule has 0 aromatic carbocycles. The van der Waals surface area contributed by atoms with Crippen LogP contribution in [-0.4, -0.2) is 155 Å². The number of hydrogen-bond acceptors (Lipinski definition) is 15. The molecule has 15 nitrogen and oxygen atoms in total. The van der Waals surface area contributed by atoms with Crippen molar-refractivity contribution in [3.8, 4) is 0 Å². The van der Waals surface area contributed by atoms with Crippen molar-refractivity contribution in [3.05, 3.63) is 0 Å². The maximum Gasteiger partial charge on any atom is 0.311 e. The quantitative estimate of drug-likeness (QED) is 0.261. The Bertz CT molecular complexity index is 1280. The van der Waals surface area contributed by atoms with Crippen LogP contribution in [0.3, 0.4) is 0 Å². The molecular weight excluding hydrogens is 694 g/mol. The standard InChI is InChI=1S/C38H67NO14/c1-15-25-38(10,46)30(42)22(5)29(41)35(7,45)18-37(9,48-14)32(53-34-27(40)24(39(11)12)16-19(2)49-34)20(3)28(21(4)33(44)51-25)52-26-17-36(8,47-13)31(43)23(6)50-26/h19-28,30,32,34,40,42,45-46H,15-18H2,1-14H3. The number of esters is 1. The number of likely N-dealkylation sites (N-methyl/N-ethyl adjacent to an activating group) is 1. The first-order chi connectivity index (χ1) is 24.3. The largest absolute Gasteiger partial charge is 0.459 e. The van der Waals surface area contributed by atoms with Crippen molar-refractivity contribution in [3.63, 3.8) is 0 Å². The summed E-state index contributed by atoms with van der Waals surface area (Å²) in [7, 11) is 6.49. The number of aliphatic hydroxyl groups is 4. The third-order valence-electron chi connectivity index (χ3n) is 12.0. The van der Waals surface area contributed by atoms with Crippen LogP contribution in [0, 0.1) is 17.8 Å². The van der Waals surface area contributed by atoms with Gasteiger partial charge in [0.05, 0.1) is 35.9 Å². The van der Waals surface area contributed by atoms with E-state index >= 15 is 0 Å². The van der Waals surface area contributed by atoms with E-state index in [-0.39, 0.29) is 37.2 Å². The lowest BCUT2D eigenvalue weighted by molar-refractivity contribution is -0.311. The van der Waals surface area contributed by atoms with E-state index < -0.39 is 101 Å².